The first kappa shape index (κ1) is 14.3. The lowest BCUT2D eigenvalue weighted by molar-refractivity contribution is 0.155. The number of methoxy groups -OCH3 is 1. The molecule has 1 aliphatic rings. The van der Waals surface area contributed by atoms with Gasteiger partial charge in [0.05, 0.1) is 6.61 Å². The summed E-state index contributed by atoms with van der Waals surface area (Å²) < 4.78 is 5.24. The van der Waals surface area contributed by atoms with E-state index in [1.165, 1.54) is 12.8 Å². The molecule has 1 saturated heterocycles. The Kier molecular flexibility index (Phi) is 5.61. The monoisotopic (exact) mass is 263 g/mol. The van der Waals surface area contributed by atoms with Gasteiger partial charge in [0.2, 0.25) is 0 Å². The molecular formula is C15H25N3O. The minimum absolute atomic E-state index is 0.483. The van der Waals surface area contributed by atoms with Crippen LogP contribution in [-0.4, -0.2) is 43.9 Å². The summed E-state index contributed by atoms with van der Waals surface area (Å²) in [4.78, 5) is 6.79. The van der Waals surface area contributed by atoms with E-state index in [-0.39, 0.29) is 0 Å². The molecule has 2 rings (SSSR count). The molecule has 0 aliphatic carbocycles. The van der Waals surface area contributed by atoms with E-state index in [0.29, 0.717) is 12.1 Å². The minimum Gasteiger partial charge on any atom is -0.383 e. The van der Waals surface area contributed by atoms with Gasteiger partial charge in [0, 0.05) is 38.5 Å². The smallest absolute Gasteiger partial charge is 0.128 e. The van der Waals surface area contributed by atoms with Crippen LogP contribution < -0.4 is 10.2 Å². The summed E-state index contributed by atoms with van der Waals surface area (Å²) >= 11 is 0. The summed E-state index contributed by atoms with van der Waals surface area (Å²) in [7, 11) is 1.77. The molecule has 1 unspecified atom stereocenters. The van der Waals surface area contributed by atoms with E-state index < -0.39 is 0 Å². The molecule has 1 aromatic rings. The van der Waals surface area contributed by atoms with Crippen molar-refractivity contribution < 1.29 is 4.74 Å². The lowest BCUT2D eigenvalue weighted by Gasteiger charge is -2.35. The van der Waals surface area contributed by atoms with Gasteiger partial charge >= 0.3 is 0 Å². The Morgan fingerprint density at radius 3 is 2.79 bits per heavy atom. The third-order valence-corrected chi connectivity index (χ3v) is 3.80. The maximum Gasteiger partial charge on any atom is 0.128 e. The largest absolute Gasteiger partial charge is 0.383 e. The molecule has 0 radical (unpaired) electrons. The topological polar surface area (TPSA) is 37.4 Å². The summed E-state index contributed by atoms with van der Waals surface area (Å²) in [6.07, 6.45) is 5.34. The van der Waals surface area contributed by atoms with Gasteiger partial charge in [0.25, 0.3) is 0 Å². The molecule has 4 nitrogen and oxygen atoms in total. The fourth-order valence-electron chi connectivity index (χ4n) is 2.63. The van der Waals surface area contributed by atoms with Crippen LogP contribution >= 0.6 is 0 Å². The highest BCUT2D eigenvalue weighted by Crippen LogP contribution is 2.17. The van der Waals surface area contributed by atoms with Crippen molar-refractivity contribution in [1.82, 2.24) is 10.3 Å². The molecular weight excluding hydrogens is 238 g/mol. The molecule has 19 heavy (non-hydrogen) atoms. The van der Waals surface area contributed by atoms with E-state index in [1.54, 1.807) is 7.11 Å². The molecule has 0 aromatic carbocycles. The summed E-state index contributed by atoms with van der Waals surface area (Å²) in [5.41, 5.74) is 0. The number of aromatic nitrogens is 1. The number of anilines is 1. The van der Waals surface area contributed by atoms with E-state index in [1.807, 2.05) is 12.3 Å². The van der Waals surface area contributed by atoms with Gasteiger partial charge in [0.1, 0.15) is 5.82 Å². The van der Waals surface area contributed by atoms with Crippen molar-refractivity contribution in [2.45, 2.75) is 38.3 Å². The molecule has 1 fully saturated rings. The molecule has 106 valence electrons. The van der Waals surface area contributed by atoms with E-state index in [2.05, 4.69) is 34.3 Å². The van der Waals surface area contributed by atoms with Crippen LogP contribution in [0.3, 0.4) is 0 Å². The Morgan fingerprint density at radius 1 is 1.42 bits per heavy atom. The van der Waals surface area contributed by atoms with E-state index in [4.69, 9.17) is 4.74 Å². The number of rotatable bonds is 6. The predicted octanol–water partition coefficient (Wildman–Crippen LogP) is 2.06. The van der Waals surface area contributed by atoms with Crippen LogP contribution in [-0.2, 0) is 4.74 Å². The summed E-state index contributed by atoms with van der Waals surface area (Å²) in [5, 5.41) is 3.71. The lowest BCUT2D eigenvalue weighted by Crippen LogP contribution is -2.47. The highest BCUT2D eigenvalue weighted by atomic mass is 16.5. The zero-order chi connectivity index (χ0) is 13.5. The van der Waals surface area contributed by atoms with Crippen molar-refractivity contribution in [2.24, 2.45) is 0 Å². The van der Waals surface area contributed by atoms with Crippen molar-refractivity contribution in [3.05, 3.63) is 24.4 Å². The normalized spacial score (nSPS) is 18.5. The number of ether oxygens (including phenoxy) is 1. The number of piperidine rings is 1. The Bertz CT molecular complexity index is 350. The van der Waals surface area contributed by atoms with Gasteiger partial charge in [0.15, 0.2) is 0 Å². The van der Waals surface area contributed by atoms with Crippen molar-refractivity contribution in [1.29, 1.82) is 0 Å². The van der Waals surface area contributed by atoms with Gasteiger partial charge < -0.3 is 15.0 Å². The third kappa shape index (κ3) is 4.18. The average molecular weight is 263 g/mol. The molecule has 1 atom stereocenters. The van der Waals surface area contributed by atoms with Crippen molar-refractivity contribution >= 4 is 5.82 Å². The van der Waals surface area contributed by atoms with Crippen LogP contribution in [0.1, 0.15) is 26.2 Å². The molecule has 2 heterocycles. The van der Waals surface area contributed by atoms with Crippen LogP contribution in [0, 0.1) is 0 Å². The summed E-state index contributed by atoms with van der Waals surface area (Å²) in [6.45, 7) is 5.17. The molecule has 0 spiro atoms. The Morgan fingerprint density at radius 2 is 2.21 bits per heavy atom. The molecule has 1 aliphatic heterocycles. The van der Waals surface area contributed by atoms with Crippen LogP contribution in [0.15, 0.2) is 24.4 Å². The SMILES string of the molecule is CCC(COC)NC1CCN(c2ccccn2)CC1. The maximum atomic E-state index is 5.24. The molecule has 0 bridgehead atoms. The minimum atomic E-state index is 0.483. The number of nitrogens with zero attached hydrogens (tertiary/aromatic N) is 2. The van der Waals surface area contributed by atoms with Crippen LogP contribution in [0.2, 0.25) is 0 Å². The first-order valence-electron chi connectivity index (χ1n) is 7.24. The Balaban J connectivity index is 1.79. The maximum absolute atomic E-state index is 5.24. The van der Waals surface area contributed by atoms with Crippen molar-refractivity contribution in [3.63, 3.8) is 0 Å². The predicted molar refractivity (Wildman–Crippen MR) is 78.6 cm³/mol. The van der Waals surface area contributed by atoms with Crippen LogP contribution in [0.4, 0.5) is 5.82 Å². The highest BCUT2D eigenvalue weighted by molar-refractivity contribution is 5.38. The van der Waals surface area contributed by atoms with E-state index in [9.17, 15) is 0 Å². The summed E-state index contributed by atoms with van der Waals surface area (Å²) in [5.74, 6) is 1.10. The van der Waals surface area contributed by atoms with Gasteiger partial charge in [-0.15, -0.1) is 0 Å². The molecule has 1 N–H and O–H groups in total. The van der Waals surface area contributed by atoms with E-state index in [0.717, 1.165) is 31.9 Å². The third-order valence-electron chi connectivity index (χ3n) is 3.80. The quantitative estimate of drug-likeness (QED) is 0.852. The van der Waals surface area contributed by atoms with Gasteiger partial charge in [-0.2, -0.15) is 0 Å². The first-order valence-corrected chi connectivity index (χ1v) is 7.24. The fourth-order valence-corrected chi connectivity index (χ4v) is 2.63. The number of pyridine rings is 1. The molecule has 0 saturated carbocycles. The van der Waals surface area contributed by atoms with Crippen molar-refractivity contribution in [3.8, 4) is 0 Å². The van der Waals surface area contributed by atoms with Gasteiger partial charge in [-0.1, -0.05) is 13.0 Å². The van der Waals surface area contributed by atoms with Crippen LogP contribution in [0.5, 0.6) is 0 Å². The number of nitrogens with one attached hydrogen (secondary N) is 1. The lowest BCUT2D eigenvalue weighted by atomic mass is 10.0. The number of hydrogen-bond donors (Lipinski definition) is 1. The second-order valence-corrected chi connectivity index (χ2v) is 5.18. The molecule has 1 aromatic heterocycles. The Labute approximate surface area is 116 Å². The zero-order valence-corrected chi connectivity index (χ0v) is 12.0. The number of hydrogen-bond acceptors (Lipinski definition) is 4. The van der Waals surface area contributed by atoms with Crippen LogP contribution in [0.25, 0.3) is 0 Å². The van der Waals surface area contributed by atoms with Gasteiger partial charge in [-0.3, -0.25) is 0 Å². The van der Waals surface area contributed by atoms with Gasteiger partial charge in [-0.25, -0.2) is 4.98 Å². The Hall–Kier alpha value is -1.13. The molecule has 0 amide bonds. The fraction of sp³-hybridized carbons (Fsp3) is 0.667. The summed E-state index contributed by atoms with van der Waals surface area (Å²) in [6, 6.07) is 7.21. The molecule has 4 heteroatoms. The van der Waals surface area contributed by atoms with Gasteiger partial charge in [-0.05, 0) is 31.4 Å². The second-order valence-electron chi connectivity index (χ2n) is 5.18. The highest BCUT2D eigenvalue weighted by Gasteiger charge is 2.21. The van der Waals surface area contributed by atoms with E-state index >= 15 is 0 Å². The standard InChI is InChI=1S/C15H25N3O/c1-3-13(12-19-2)17-14-7-10-18(11-8-14)15-6-4-5-9-16-15/h4-6,9,13-14,17H,3,7-8,10-12H2,1-2H3. The second kappa shape index (κ2) is 7.46. The average Bonchev–Trinajstić information content (AvgIpc) is 2.48. The zero-order valence-electron chi connectivity index (χ0n) is 12.0. The first-order chi connectivity index (χ1) is 9.33. The van der Waals surface area contributed by atoms with Crippen molar-refractivity contribution in [2.75, 3.05) is 31.7 Å².